The predicted octanol–water partition coefficient (Wildman–Crippen LogP) is 2.55. The maximum atomic E-state index is 12.7. The zero-order valence-electron chi connectivity index (χ0n) is 13.4. The first kappa shape index (κ1) is 16.8. The highest BCUT2D eigenvalue weighted by molar-refractivity contribution is 5.11. The summed E-state index contributed by atoms with van der Waals surface area (Å²) in [6.07, 6.45) is 0.856. The Morgan fingerprint density at radius 2 is 1.83 bits per heavy atom. The number of halogens is 3. The van der Waals surface area contributed by atoms with E-state index in [0.29, 0.717) is 0 Å². The molecule has 1 aromatic heterocycles. The van der Waals surface area contributed by atoms with Gasteiger partial charge in [-0.2, -0.15) is 13.2 Å². The second kappa shape index (κ2) is 7.21. The van der Waals surface area contributed by atoms with Crippen LogP contribution in [0.15, 0.2) is 6.20 Å². The van der Waals surface area contributed by atoms with Gasteiger partial charge in [-0.1, -0.05) is 0 Å². The third-order valence-corrected chi connectivity index (χ3v) is 4.80. The van der Waals surface area contributed by atoms with Crippen LogP contribution in [0.2, 0.25) is 0 Å². The molecule has 4 nitrogen and oxygen atoms in total. The second-order valence-corrected chi connectivity index (χ2v) is 6.65. The zero-order chi connectivity index (χ0) is 16.3. The van der Waals surface area contributed by atoms with E-state index in [1.165, 1.54) is 12.8 Å². The Balaban J connectivity index is 1.73. The molecule has 2 aliphatic heterocycles. The molecule has 2 fully saturated rings. The van der Waals surface area contributed by atoms with Crippen molar-refractivity contribution in [3.05, 3.63) is 17.7 Å². The number of likely N-dealkylation sites (tertiary alicyclic amines) is 1. The lowest BCUT2D eigenvalue weighted by Crippen LogP contribution is -2.29. The Hall–Kier alpha value is -1.08. The molecule has 2 saturated heterocycles. The minimum atomic E-state index is -4.19. The highest BCUT2D eigenvalue weighted by Crippen LogP contribution is 2.27. The lowest BCUT2D eigenvalue weighted by atomic mass is 9.97. The lowest BCUT2D eigenvalue weighted by molar-refractivity contribution is -0.127. The van der Waals surface area contributed by atoms with E-state index in [0.717, 1.165) is 57.9 Å². The molecule has 0 bridgehead atoms. The van der Waals surface area contributed by atoms with E-state index in [4.69, 9.17) is 0 Å². The van der Waals surface area contributed by atoms with Gasteiger partial charge < -0.3 is 14.8 Å². The second-order valence-electron chi connectivity index (χ2n) is 6.65. The van der Waals surface area contributed by atoms with Gasteiger partial charge in [-0.05, 0) is 51.9 Å². The van der Waals surface area contributed by atoms with Gasteiger partial charge in [0.05, 0.1) is 12.1 Å². The number of hydrogen-bond donors (Lipinski definition) is 1. The van der Waals surface area contributed by atoms with Crippen molar-refractivity contribution in [2.45, 2.75) is 50.7 Å². The van der Waals surface area contributed by atoms with E-state index >= 15 is 0 Å². The first-order valence-electron chi connectivity index (χ1n) is 8.57. The summed E-state index contributed by atoms with van der Waals surface area (Å²) in [4.78, 5) is 6.75. The molecule has 0 unspecified atom stereocenters. The van der Waals surface area contributed by atoms with Crippen LogP contribution in [0.1, 0.15) is 43.1 Å². The molecule has 1 N–H and O–H groups in total. The summed E-state index contributed by atoms with van der Waals surface area (Å²) in [7, 11) is 0. The fourth-order valence-electron chi connectivity index (χ4n) is 3.62. The van der Waals surface area contributed by atoms with E-state index in [-0.39, 0.29) is 11.6 Å². The molecule has 0 spiro atoms. The summed E-state index contributed by atoms with van der Waals surface area (Å²) in [6, 6.07) is 0. The first-order chi connectivity index (χ1) is 11.0. The summed E-state index contributed by atoms with van der Waals surface area (Å²) in [6.45, 7) is 5.68. The van der Waals surface area contributed by atoms with Crippen LogP contribution in [0.3, 0.4) is 0 Å². The van der Waals surface area contributed by atoms with Gasteiger partial charge in [-0.25, -0.2) is 4.98 Å². The summed E-state index contributed by atoms with van der Waals surface area (Å²) in [5, 5.41) is 3.30. The first-order valence-corrected chi connectivity index (χ1v) is 8.57. The SMILES string of the molecule is FC(F)(F)Cc1cn(CCN2CCCC2)c(C2CCNCC2)n1. The molecule has 0 aliphatic carbocycles. The monoisotopic (exact) mass is 330 g/mol. The molecule has 0 radical (unpaired) electrons. The van der Waals surface area contributed by atoms with Crippen molar-refractivity contribution in [2.75, 3.05) is 32.7 Å². The van der Waals surface area contributed by atoms with Crippen LogP contribution in [-0.2, 0) is 13.0 Å². The molecule has 1 aromatic rings. The number of hydrogen-bond acceptors (Lipinski definition) is 3. The zero-order valence-corrected chi connectivity index (χ0v) is 13.4. The topological polar surface area (TPSA) is 33.1 Å². The smallest absolute Gasteiger partial charge is 0.333 e. The molecule has 130 valence electrons. The van der Waals surface area contributed by atoms with E-state index in [2.05, 4.69) is 15.2 Å². The highest BCUT2D eigenvalue weighted by Gasteiger charge is 2.30. The molecular formula is C16H25F3N4. The van der Waals surface area contributed by atoms with Gasteiger partial charge >= 0.3 is 6.18 Å². The molecular weight excluding hydrogens is 305 g/mol. The van der Waals surface area contributed by atoms with E-state index in [1.807, 2.05) is 4.57 Å². The molecule has 2 aliphatic rings. The van der Waals surface area contributed by atoms with Gasteiger partial charge in [0.2, 0.25) is 0 Å². The Kier molecular flexibility index (Phi) is 5.26. The predicted molar refractivity (Wildman–Crippen MR) is 82.5 cm³/mol. The van der Waals surface area contributed by atoms with Crippen LogP contribution in [0, 0.1) is 0 Å². The Morgan fingerprint density at radius 1 is 1.13 bits per heavy atom. The summed E-state index contributed by atoms with van der Waals surface area (Å²) in [5.41, 5.74) is 0.160. The highest BCUT2D eigenvalue weighted by atomic mass is 19.4. The maximum Gasteiger partial charge on any atom is 0.394 e. The lowest BCUT2D eigenvalue weighted by Gasteiger charge is -2.24. The van der Waals surface area contributed by atoms with Crippen LogP contribution in [0.4, 0.5) is 13.2 Å². The summed E-state index contributed by atoms with van der Waals surface area (Å²) in [5.74, 6) is 1.13. The van der Waals surface area contributed by atoms with Crippen molar-refractivity contribution in [3.8, 4) is 0 Å². The van der Waals surface area contributed by atoms with E-state index in [1.54, 1.807) is 6.20 Å². The number of nitrogens with zero attached hydrogens (tertiary/aromatic N) is 3. The van der Waals surface area contributed by atoms with Gasteiger partial charge in [-0.3, -0.25) is 0 Å². The van der Waals surface area contributed by atoms with Crippen molar-refractivity contribution in [2.24, 2.45) is 0 Å². The number of nitrogens with one attached hydrogen (secondary N) is 1. The summed E-state index contributed by atoms with van der Waals surface area (Å²) >= 11 is 0. The fraction of sp³-hybridized carbons (Fsp3) is 0.812. The van der Waals surface area contributed by atoms with E-state index < -0.39 is 12.6 Å². The van der Waals surface area contributed by atoms with Crippen LogP contribution in [0.25, 0.3) is 0 Å². The maximum absolute atomic E-state index is 12.7. The van der Waals surface area contributed by atoms with Gasteiger partial charge in [0, 0.05) is 25.2 Å². The van der Waals surface area contributed by atoms with Crippen molar-refractivity contribution in [1.29, 1.82) is 0 Å². The number of imidazole rings is 1. The third kappa shape index (κ3) is 4.70. The Labute approximate surface area is 135 Å². The minimum Gasteiger partial charge on any atom is -0.333 e. The molecule has 3 heterocycles. The molecule has 0 aromatic carbocycles. The summed E-state index contributed by atoms with van der Waals surface area (Å²) < 4.78 is 40.0. The fourth-order valence-corrected chi connectivity index (χ4v) is 3.62. The van der Waals surface area contributed by atoms with Gasteiger partial charge in [0.25, 0.3) is 0 Å². The van der Waals surface area contributed by atoms with Crippen LogP contribution < -0.4 is 5.32 Å². The number of rotatable bonds is 5. The standard InChI is InChI=1S/C16H25F3N4/c17-16(18,19)11-14-12-23(10-9-22-7-1-2-8-22)15(21-14)13-3-5-20-6-4-13/h12-13,20H,1-11H2. The van der Waals surface area contributed by atoms with Crippen molar-refractivity contribution >= 4 is 0 Å². The van der Waals surface area contributed by atoms with Gasteiger partial charge in [0.1, 0.15) is 5.82 Å². The van der Waals surface area contributed by atoms with Crippen LogP contribution in [-0.4, -0.2) is 53.4 Å². The quantitative estimate of drug-likeness (QED) is 0.901. The average Bonchev–Trinajstić information content (AvgIpc) is 3.14. The van der Waals surface area contributed by atoms with Crippen molar-refractivity contribution < 1.29 is 13.2 Å². The number of alkyl halides is 3. The largest absolute Gasteiger partial charge is 0.394 e. The molecule has 3 rings (SSSR count). The molecule has 23 heavy (non-hydrogen) atoms. The number of aromatic nitrogens is 2. The Morgan fingerprint density at radius 3 is 2.48 bits per heavy atom. The van der Waals surface area contributed by atoms with E-state index in [9.17, 15) is 13.2 Å². The molecule has 7 heteroatoms. The van der Waals surface area contributed by atoms with Crippen molar-refractivity contribution in [3.63, 3.8) is 0 Å². The number of piperidine rings is 1. The third-order valence-electron chi connectivity index (χ3n) is 4.80. The van der Waals surface area contributed by atoms with Crippen LogP contribution >= 0.6 is 0 Å². The van der Waals surface area contributed by atoms with Gasteiger partial charge in [-0.15, -0.1) is 0 Å². The molecule has 0 atom stereocenters. The van der Waals surface area contributed by atoms with Crippen molar-refractivity contribution in [1.82, 2.24) is 19.8 Å². The van der Waals surface area contributed by atoms with Gasteiger partial charge in [0.15, 0.2) is 0 Å². The van der Waals surface area contributed by atoms with Crippen LogP contribution in [0.5, 0.6) is 0 Å². The average molecular weight is 330 g/mol. The minimum absolute atomic E-state index is 0.160. The molecule has 0 amide bonds. The molecule has 0 saturated carbocycles. The normalized spacial score (nSPS) is 21.2. The Bertz CT molecular complexity index is 500.